The summed E-state index contributed by atoms with van der Waals surface area (Å²) in [7, 11) is 0. The van der Waals surface area contributed by atoms with Gasteiger partial charge in [-0.3, -0.25) is 4.79 Å². The smallest absolute Gasteiger partial charge is 0.351 e. The number of benzene rings is 1. The molecule has 0 radical (unpaired) electrons. The molecule has 1 saturated heterocycles. The molecule has 0 spiro atoms. The maximum atomic E-state index is 13.1. The lowest BCUT2D eigenvalue weighted by molar-refractivity contribution is -0.514. The quantitative estimate of drug-likeness (QED) is 0.601. The van der Waals surface area contributed by atoms with Gasteiger partial charge < -0.3 is 15.2 Å². The standard InChI is InChI=1S/C21H20N4O3/c22-13-15-4-6-16(7-5-15)18-17-3-1-2-10-25(17)19(23-18)20(27)24-21(14-26)8-11-28-12-9-21/h1-7,10,26H,8-9,11-12,14H2,(H,24,27)/p+1. The van der Waals surface area contributed by atoms with E-state index in [1.165, 1.54) is 0 Å². The molecule has 3 N–H and O–H groups in total. The molecule has 1 aromatic carbocycles. The summed E-state index contributed by atoms with van der Waals surface area (Å²) < 4.78 is 7.17. The van der Waals surface area contributed by atoms with Crippen LogP contribution < -0.4 is 9.72 Å². The summed E-state index contributed by atoms with van der Waals surface area (Å²) >= 11 is 0. The number of aromatic nitrogens is 2. The van der Waals surface area contributed by atoms with Crippen molar-refractivity contribution in [1.29, 1.82) is 5.26 Å². The van der Waals surface area contributed by atoms with E-state index in [2.05, 4.69) is 16.4 Å². The number of fused-ring (bicyclic) bond motifs is 1. The van der Waals surface area contributed by atoms with Crippen molar-refractivity contribution in [2.45, 2.75) is 18.4 Å². The first-order chi connectivity index (χ1) is 13.7. The highest BCUT2D eigenvalue weighted by Crippen LogP contribution is 2.24. The van der Waals surface area contributed by atoms with Gasteiger partial charge in [0.1, 0.15) is 0 Å². The number of aromatic amines is 1. The van der Waals surface area contributed by atoms with E-state index in [1.54, 1.807) is 16.5 Å². The number of ether oxygens (including phenoxy) is 1. The van der Waals surface area contributed by atoms with Gasteiger partial charge in [-0.15, -0.1) is 0 Å². The third-order valence-corrected chi connectivity index (χ3v) is 5.25. The molecule has 28 heavy (non-hydrogen) atoms. The first kappa shape index (κ1) is 18.2. The van der Waals surface area contributed by atoms with Gasteiger partial charge in [-0.25, -0.2) is 4.98 Å². The molecule has 3 heterocycles. The zero-order valence-electron chi connectivity index (χ0n) is 15.3. The Balaban J connectivity index is 1.73. The van der Waals surface area contributed by atoms with Crippen molar-refractivity contribution >= 4 is 11.4 Å². The molecule has 4 rings (SSSR count). The first-order valence-corrected chi connectivity index (χ1v) is 9.20. The summed E-state index contributed by atoms with van der Waals surface area (Å²) in [5.74, 6) is 0.103. The van der Waals surface area contributed by atoms with Crippen molar-refractivity contribution in [2.75, 3.05) is 19.8 Å². The summed E-state index contributed by atoms with van der Waals surface area (Å²) in [5, 5.41) is 21.9. The van der Waals surface area contributed by atoms with Gasteiger partial charge >= 0.3 is 11.7 Å². The van der Waals surface area contributed by atoms with Crippen LogP contribution in [0.15, 0.2) is 48.7 Å². The Hall–Kier alpha value is -3.21. The van der Waals surface area contributed by atoms with Crippen LogP contribution in [0.1, 0.15) is 29.0 Å². The van der Waals surface area contributed by atoms with Gasteiger partial charge in [0, 0.05) is 18.8 Å². The van der Waals surface area contributed by atoms with E-state index in [0.29, 0.717) is 37.4 Å². The number of aliphatic hydroxyl groups excluding tert-OH is 1. The fourth-order valence-electron chi connectivity index (χ4n) is 3.57. The average Bonchev–Trinajstić information content (AvgIpc) is 3.14. The second-order valence-corrected chi connectivity index (χ2v) is 7.00. The van der Waals surface area contributed by atoms with Gasteiger partial charge in [0.15, 0.2) is 11.2 Å². The van der Waals surface area contributed by atoms with Crippen molar-refractivity contribution in [1.82, 2.24) is 10.3 Å². The van der Waals surface area contributed by atoms with Crippen molar-refractivity contribution < 1.29 is 19.0 Å². The molecule has 1 aliphatic heterocycles. The summed E-state index contributed by atoms with van der Waals surface area (Å²) in [6.07, 6.45) is 2.96. The van der Waals surface area contributed by atoms with Crippen LogP contribution in [0.25, 0.3) is 16.8 Å². The van der Waals surface area contributed by atoms with Gasteiger partial charge in [0.2, 0.25) is 0 Å². The number of rotatable bonds is 4. The van der Waals surface area contributed by atoms with E-state index in [-0.39, 0.29) is 12.5 Å². The van der Waals surface area contributed by atoms with Gasteiger partial charge in [-0.05, 0) is 49.2 Å². The maximum Gasteiger partial charge on any atom is 0.351 e. The van der Waals surface area contributed by atoms with Crippen LogP contribution in [-0.4, -0.2) is 41.4 Å². The molecule has 0 aliphatic carbocycles. The van der Waals surface area contributed by atoms with E-state index < -0.39 is 5.54 Å². The normalized spacial score (nSPS) is 15.9. The van der Waals surface area contributed by atoms with E-state index in [1.807, 2.05) is 36.5 Å². The summed E-state index contributed by atoms with van der Waals surface area (Å²) in [6.45, 7) is 0.889. The van der Waals surface area contributed by atoms with Crippen LogP contribution in [0.2, 0.25) is 0 Å². The lowest BCUT2D eigenvalue weighted by Crippen LogP contribution is -2.55. The number of imidazole rings is 1. The molecule has 0 saturated carbocycles. The highest BCUT2D eigenvalue weighted by atomic mass is 16.5. The van der Waals surface area contributed by atoms with Crippen molar-refractivity contribution in [2.24, 2.45) is 0 Å². The number of amides is 1. The number of carbonyl (C=O) groups is 1. The monoisotopic (exact) mass is 377 g/mol. The van der Waals surface area contributed by atoms with E-state index in [0.717, 1.165) is 16.8 Å². The number of carbonyl (C=O) groups excluding carboxylic acids is 1. The molecule has 0 unspecified atom stereocenters. The third kappa shape index (κ3) is 3.24. The minimum atomic E-state index is -0.670. The molecule has 1 fully saturated rings. The largest absolute Gasteiger partial charge is 0.394 e. The van der Waals surface area contributed by atoms with Crippen molar-refractivity contribution in [3.8, 4) is 17.3 Å². The highest BCUT2D eigenvalue weighted by Gasteiger charge is 2.36. The van der Waals surface area contributed by atoms with Gasteiger partial charge in [0.05, 0.1) is 30.0 Å². The first-order valence-electron chi connectivity index (χ1n) is 9.20. The Morgan fingerprint density at radius 2 is 2.00 bits per heavy atom. The number of nitriles is 1. The minimum absolute atomic E-state index is 0.131. The number of aliphatic hydroxyl groups is 1. The molecule has 0 bridgehead atoms. The fraction of sp³-hybridized carbons (Fsp3) is 0.286. The van der Waals surface area contributed by atoms with Crippen LogP contribution in [0.4, 0.5) is 0 Å². The molecule has 1 amide bonds. The van der Waals surface area contributed by atoms with Gasteiger partial charge in [0.25, 0.3) is 0 Å². The Morgan fingerprint density at radius 3 is 2.68 bits per heavy atom. The SMILES string of the molecule is N#Cc1ccc(-c2[nH]c(C(=O)NC3(CO)CCOCC3)[n+]3ccccc23)cc1. The minimum Gasteiger partial charge on any atom is -0.394 e. The van der Waals surface area contributed by atoms with Crippen LogP contribution in [0.3, 0.4) is 0 Å². The summed E-state index contributed by atoms with van der Waals surface area (Å²) in [6, 6.07) is 15.0. The molecular formula is C21H21N4O3+. The zero-order valence-corrected chi connectivity index (χ0v) is 15.3. The molecule has 3 aromatic rings. The summed E-state index contributed by atoms with van der Waals surface area (Å²) in [4.78, 5) is 16.3. The van der Waals surface area contributed by atoms with Crippen LogP contribution in [0, 0.1) is 11.3 Å². The molecule has 7 heteroatoms. The molecule has 2 aromatic heterocycles. The molecular weight excluding hydrogens is 356 g/mol. The number of pyridine rings is 1. The topological polar surface area (TPSA) is 102 Å². The predicted octanol–water partition coefficient (Wildman–Crippen LogP) is 1.56. The molecule has 142 valence electrons. The summed E-state index contributed by atoms with van der Waals surface area (Å²) in [5.41, 5.74) is 2.43. The lowest BCUT2D eigenvalue weighted by atomic mass is 9.91. The Bertz CT molecular complexity index is 1040. The number of hydrogen-bond donors (Lipinski definition) is 3. The number of H-pyrrole nitrogens is 1. The van der Waals surface area contributed by atoms with E-state index in [4.69, 9.17) is 10.00 Å². The highest BCUT2D eigenvalue weighted by molar-refractivity contribution is 5.92. The second kappa shape index (κ2) is 7.43. The average molecular weight is 377 g/mol. The van der Waals surface area contributed by atoms with Gasteiger partial charge in [-0.2, -0.15) is 9.66 Å². The maximum absolute atomic E-state index is 13.1. The van der Waals surface area contributed by atoms with E-state index in [9.17, 15) is 9.90 Å². The molecule has 1 aliphatic rings. The number of nitrogens with zero attached hydrogens (tertiary/aromatic N) is 2. The van der Waals surface area contributed by atoms with Crippen LogP contribution in [0.5, 0.6) is 0 Å². The third-order valence-electron chi connectivity index (χ3n) is 5.25. The Labute approximate surface area is 162 Å². The van der Waals surface area contributed by atoms with Crippen molar-refractivity contribution in [3.05, 3.63) is 60.0 Å². The predicted molar refractivity (Wildman–Crippen MR) is 101 cm³/mol. The van der Waals surface area contributed by atoms with Gasteiger partial charge in [-0.1, -0.05) is 6.07 Å². The number of nitrogens with one attached hydrogen (secondary N) is 2. The molecule has 0 atom stereocenters. The second-order valence-electron chi connectivity index (χ2n) is 7.00. The number of hydrogen-bond acceptors (Lipinski definition) is 4. The fourth-order valence-corrected chi connectivity index (χ4v) is 3.57. The van der Waals surface area contributed by atoms with E-state index >= 15 is 0 Å². The molecule has 7 nitrogen and oxygen atoms in total. The Morgan fingerprint density at radius 1 is 1.25 bits per heavy atom. The zero-order chi connectivity index (χ0) is 19.6. The van der Waals surface area contributed by atoms with Crippen molar-refractivity contribution in [3.63, 3.8) is 0 Å². The van der Waals surface area contributed by atoms with Crippen LogP contribution >= 0.6 is 0 Å². The Kier molecular flexibility index (Phi) is 4.82. The van der Waals surface area contributed by atoms with Crippen LogP contribution in [-0.2, 0) is 4.74 Å². The lowest BCUT2D eigenvalue weighted by Gasteiger charge is -2.35.